The minimum Gasteiger partial charge on any atom is -0.335 e. The summed E-state index contributed by atoms with van der Waals surface area (Å²) >= 11 is 6.53. The highest BCUT2D eigenvalue weighted by Gasteiger charge is 2.22. The van der Waals surface area contributed by atoms with Crippen molar-refractivity contribution in [3.63, 3.8) is 0 Å². The van der Waals surface area contributed by atoms with Gasteiger partial charge in [-0.1, -0.05) is 11.3 Å². The summed E-state index contributed by atoms with van der Waals surface area (Å²) in [5, 5.41) is 10.6. The molecule has 100 valence electrons. The Bertz CT molecular complexity index is 434. The molecule has 0 N–H and O–H groups in total. The maximum absolute atomic E-state index is 12.2. The molecule has 1 aromatic rings. The molecule has 0 radical (unpaired) electrons. The Hall–Kier alpha value is -1.14. The van der Waals surface area contributed by atoms with Gasteiger partial charge in [0.25, 0.3) is 5.91 Å². The minimum absolute atomic E-state index is 0.0144. The smallest absolute Gasteiger partial charge is 0.324 e. The van der Waals surface area contributed by atoms with Gasteiger partial charge >= 0.3 is 5.00 Å². The van der Waals surface area contributed by atoms with Crippen molar-refractivity contribution in [3.05, 3.63) is 27.1 Å². The predicted molar refractivity (Wildman–Crippen MR) is 72.5 cm³/mol. The van der Waals surface area contributed by atoms with Gasteiger partial charge in [-0.25, -0.2) is 0 Å². The Morgan fingerprint density at radius 1 is 1.56 bits per heavy atom. The molecule has 0 aliphatic heterocycles. The molecule has 0 unspecified atom stereocenters. The van der Waals surface area contributed by atoms with Crippen molar-refractivity contribution in [2.24, 2.45) is 0 Å². The molecule has 0 aliphatic carbocycles. The predicted octanol–water partition coefficient (Wildman–Crippen LogP) is 3.14. The van der Waals surface area contributed by atoms with E-state index >= 15 is 0 Å². The van der Waals surface area contributed by atoms with E-state index in [0.29, 0.717) is 23.7 Å². The number of thiophene rings is 1. The van der Waals surface area contributed by atoms with Crippen molar-refractivity contribution in [1.29, 1.82) is 0 Å². The van der Waals surface area contributed by atoms with Gasteiger partial charge in [0.1, 0.15) is 0 Å². The minimum atomic E-state index is -0.486. The highest BCUT2D eigenvalue weighted by Crippen LogP contribution is 2.25. The quantitative estimate of drug-likeness (QED) is 0.459. The lowest BCUT2D eigenvalue weighted by atomic mass is 10.2. The van der Waals surface area contributed by atoms with E-state index in [9.17, 15) is 14.9 Å². The van der Waals surface area contributed by atoms with Crippen LogP contribution in [0.5, 0.6) is 0 Å². The van der Waals surface area contributed by atoms with Gasteiger partial charge in [0.05, 0.1) is 9.80 Å². The van der Waals surface area contributed by atoms with Gasteiger partial charge in [-0.05, 0) is 26.3 Å². The van der Waals surface area contributed by atoms with E-state index < -0.39 is 4.92 Å². The van der Waals surface area contributed by atoms with Gasteiger partial charge in [0, 0.05) is 24.5 Å². The van der Waals surface area contributed by atoms with Crippen molar-refractivity contribution in [2.45, 2.75) is 26.3 Å². The highest BCUT2D eigenvalue weighted by atomic mass is 35.5. The summed E-state index contributed by atoms with van der Waals surface area (Å²) in [5.41, 5.74) is 0. The van der Waals surface area contributed by atoms with Crippen molar-refractivity contribution >= 4 is 33.8 Å². The van der Waals surface area contributed by atoms with Crippen molar-refractivity contribution in [3.8, 4) is 0 Å². The second-order valence-corrected chi connectivity index (χ2v) is 5.47. The zero-order chi connectivity index (χ0) is 13.7. The fourth-order valence-electron chi connectivity index (χ4n) is 1.51. The number of hydrogen-bond acceptors (Lipinski definition) is 4. The normalized spacial score (nSPS) is 10.7. The van der Waals surface area contributed by atoms with Gasteiger partial charge < -0.3 is 4.90 Å². The Labute approximate surface area is 115 Å². The van der Waals surface area contributed by atoms with Gasteiger partial charge in [-0.3, -0.25) is 14.9 Å². The molecule has 0 bridgehead atoms. The first kappa shape index (κ1) is 14.9. The molecule has 5 nitrogen and oxygen atoms in total. The molecule has 1 aromatic heterocycles. The van der Waals surface area contributed by atoms with E-state index in [2.05, 4.69) is 0 Å². The van der Waals surface area contributed by atoms with E-state index in [1.54, 1.807) is 4.90 Å². The first-order valence-corrected chi connectivity index (χ1v) is 6.93. The van der Waals surface area contributed by atoms with Crippen LogP contribution >= 0.6 is 22.9 Å². The standard InChI is InChI=1S/C11H15ClN2O3S/c1-8(2)13(7-3-6-12)11(15)9-4-5-10(18-9)14(16)17/h4-5,8H,3,6-7H2,1-2H3. The summed E-state index contributed by atoms with van der Waals surface area (Å²) in [6.07, 6.45) is 0.707. The average molecular weight is 291 g/mol. The fourth-order valence-corrected chi connectivity index (χ4v) is 2.40. The van der Waals surface area contributed by atoms with E-state index in [1.165, 1.54) is 12.1 Å². The molecule has 0 saturated heterocycles. The summed E-state index contributed by atoms with van der Waals surface area (Å²) in [4.78, 5) is 24.4. The van der Waals surface area contributed by atoms with Gasteiger partial charge in [0.2, 0.25) is 0 Å². The topological polar surface area (TPSA) is 63.5 Å². The van der Waals surface area contributed by atoms with E-state index in [0.717, 1.165) is 11.3 Å². The Balaban J connectivity index is 2.84. The second kappa shape index (κ2) is 6.70. The monoisotopic (exact) mass is 290 g/mol. The fraction of sp³-hybridized carbons (Fsp3) is 0.545. The number of carbonyl (C=O) groups excluding carboxylic acids is 1. The number of carbonyl (C=O) groups is 1. The lowest BCUT2D eigenvalue weighted by Gasteiger charge is -2.25. The van der Waals surface area contributed by atoms with Crippen LogP contribution < -0.4 is 0 Å². The van der Waals surface area contributed by atoms with Gasteiger partial charge in [-0.15, -0.1) is 11.6 Å². The largest absolute Gasteiger partial charge is 0.335 e. The third kappa shape index (κ3) is 3.68. The lowest BCUT2D eigenvalue weighted by Crippen LogP contribution is -2.37. The molecule has 0 atom stereocenters. The van der Waals surface area contributed by atoms with Gasteiger partial charge in [0.15, 0.2) is 0 Å². The SMILES string of the molecule is CC(C)N(CCCCl)C(=O)c1ccc([N+](=O)[O-])s1. The van der Waals surface area contributed by atoms with Crippen molar-refractivity contribution in [1.82, 2.24) is 4.90 Å². The molecular formula is C11H15ClN2O3S. The summed E-state index contributed by atoms with van der Waals surface area (Å²) in [7, 11) is 0. The van der Waals surface area contributed by atoms with Crippen LogP contribution in [-0.4, -0.2) is 34.2 Å². The molecule has 18 heavy (non-hydrogen) atoms. The first-order valence-electron chi connectivity index (χ1n) is 5.58. The summed E-state index contributed by atoms with van der Waals surface area (Å²) in [6, 6.07) is 2.90. The van der Waals surface area contributed by atoms with Crippen molar-refractivity contribution < 1.29 is 9.72 Å². The van der Waals surface area contributed by atoms with E-state index in [4.69, 9.17) is 11.6 Å². The third-order valence-electron chi connectivity index (χ3n) is 2.40. The summed E-state index contributed by atoms with van der Waals surface area (Å²) < 4.78 is 0. The van der Waals surface area contributed by atoms with E-state index in [-0.39, 0.29) is 17.0 Å². The average Bonchev–Trinajstić information content (AvgIpc) is 2.78. The summed E-state index contributed by atoms with van der Waals surface area (Å²) in [6.45, 7) is 4.38. The van der Waals surface area contributed by atoms with Crippen LogP contribution in [-0.2, 0) is 0 Å². The Morgan fingerprint density at radius 2 is 2.22 bits per heavy atom. The maximum Gasteiger partial charge on any atom is 0.324 e. The Morgan fingerprint density at radius 3 is 2.67 bits per heavy atom. The lowest BCUT2D eigenvalue weighted by molar-refractivity contribution is -0.380. The molecule has 7 heteroatoms. The highest BCUT2D eigenvalue weighted by molar-refractivity contribution is 7.17. The number of nitro groups is 1. The van der Waals surface area contributed by atoms with Crippen LogP contribution in [0.25, 0.3) is 0 Å². The third-order valence-corrected chi connectivity index (χ3v) is 3.69. The van der Waals surface area contributed by atoms with Gasteiger partial charge in [-0.2, -0.15) is 0 Å². The Kier molecular flexibility index (Phi) is 5.55. The number of nitrogens with zero attached hydrogens (tertiary/aromatic N) is 2. The maximum atomic E-state index is 12.2. The molecule has 1 rings (SSSR count). The van der Waals surface area contributed by atoms with Crippen LogP contribution in [0.2, 0.25) is 0 Å². The summed E-state index contributed by atoms with van der Waals surface area (Å²) in [5.74, 6) is 0.314. The van der Waals surface area contributed by atoms with Crippen LogP contribution in [0.1, 0.15) is 29.9 Å². The first-order chi connectivity index (χ1) is 8.47. The zero-order valence-electron chi connectivity index (χ0n) is 10.3. The molecule has 0 saturated carbocycles. The van der Waals surface area contributed by atoms with Crippen LogP contribution in [0.3, 0.4) is 0 Å². The number of alkyl halides is 1. The molecule has 0 fully saturated rings. The molecule has 1 heterocycles. The zero-order valence-corrected chi connectivity index (χ0v) is 11.8. The molecular weight excluding hydrogens is 276 g/mol. The van der Waals surface area contributed by atoms with Crippen LogP contribution in [0, 0.1) is 10.1 Å². The molecule has 0 spiro atoms. The van der Waals surface area contributed by atoms with Crippen LogP contribution in [0.4, 0.5) is 5.00 Å². The van der Waals surface area contributed by atoms with E-state index in [1.807, 2.05) is 13.8 Å². The second-order valence-electron chi connectivity index (χ2n) is 4.03. The molecule has 0 aromatic carbocycles. The molecule has 0 aliphatic rings. The van der Waals surface area contributed by atoms with Crippen LogP contribution in [0.15, 0.2) is 12.1 Å². The number of amides is 1. The van der Waals surface area contributed by atoms with Crippen molar-refractivity contribution in [2.75, 3.05) is 12.4 Å². The number of halogens is 1. The molecule has 1 amide bonds. The number of hydrogen-bond donors (Lipinski definition) is 0. The number of rotatable bonds is 6.